The maximum absolute atomic E-state index is 12.8. The van der Waals surface area contributed by atoms with Crippen LogP contribution in [0.1, 0.15) is 18.4 Å². The van der Waals surface area contributed by atoms with Gasteiger partial charge in [0.05, 0.1) is 6.54 Å². The molecule has 0 aliphatic heterocycles. The Balaban J connectivity index is 1.95. The molecule has 17 heavy (non-hydrogen) atoms. The topological polar surface area (TPSA) is 41.1 Å². The van der Waals surface area contributed by atoms with E-state index in [-0.39, 0.29) is 17.1 Å². The fraction of sp³-hybridized carbons (Fsp3) is 0.462. The highest BCUT2D eigenvalue weighted by Gasteiger charge is 2.44. The average molecular weight is 236 g/mol. The highest BCUT2D eigenvalue weighted by molar-refractivity contribution is 5.78. The molecule has 2 rings (SSSR count). The molecule has 92 valence electrons. The van der Waals surface area contributed by atoms with Gasteiger partial charge in [-0.15, -0.1) is 0 Å². The maximum atomic E-state index is 12.8. The third-order valence-electron chi connectivity index (χ3n) is 3.27. The zero-order valence-electron chi connectivity index (χ0n) is 9.92. The molecule has 0 atom stereocenters. The van der Waals surface area contributed by atoms with Crippen LogP contribution < -0.4 is 10.6 Å². The number of hydrogen-bond donors (Lipinski definition) is 2. The van der Waals surface area contributed by atoms with Crippen LogP contribution in [0.5, 0.6) is 0 Å². The lowest BCUT2D eigenvalue weighted by Gasteiger charge is -2.16. The molecule has 1 fully saturated rings. The largest absolute Gasteiger partial charge is 0.354 e. The molecule has 0 aromatic heterocycles. The Labute approximate surface area is 100 Å². The van der Waals surface area contributed by atoms with Crippen molar-refractivity contribution < 1.29 is 9.18 Å². The summed E-state index contributed by atoms with van der Waals surface area (Å²) in [5.41, 5.74) is 1.15. The van der Waals surface area contributed by atoms with Crippen LogP contribution in [0.25, 0.3) is 0 Å². The quantitative estimate of drug-likeness (QED) is 0.806. The second kappa shape index (κ2) is 4.84. The number of likely N-dealkylation sites (N-methyl/N-ethyl adjacent to an activating group) is 1. The monoisotopic (exact) mass is 236 g/mol. The molecular weight excluding hydrogens is 219 g/mol. The van der Waals surface area contributed by atoms with Gasteiger partial charge in [-0.1, -0.05) is 12.1 Å². The van der Waals surface area contributed by atoms with Gasteiger partial charge >= 0.3 is 0 Å². The van der Waals surface area contributed by atoms with Crippen molar-refractivity contribution in [1.29, 1.82) is 0 Å². The van der Waals surface area contributed by atoms with Crippen molar-refractivity contribution in [3.63, 3.8) is 0 Å². The first-order chi connectivity index (χ1) is 8.16. The van der Waals surface area contributed by atoms with E-state index >= 15 is 0 Å². The molecule has 0 radical (unpaired) electrons. The second-order valence-corrected chi connectivity index (χ2v) is 4.59. The number of hydrogen-bond acceptors (Lipinski definition) is 2. The van der Waals surface area contributed by atoms with Gasteiger partial charge in [0.1, 0.15) is 5.82 Å². The predicted octanol–water partition coefficient (Wildman–Crippen LogP) is 1.19. The molecule has 0 unspecified atom stereocenters. The van der Waals surface area contributed by atoms with Gasteiger partial charge in [0.15, 0.2) is 0 Å². The van der Waals surface area contributed by atoms with E-state index in [1.54, 1.807) is 7.05 Å². The first-order valence-corrected chi connectivity index (χ1v) is 5.84. The second-order valence-electron chi connectivity index (χ2n) is 4.59. The fourth-order valence-electron chi connectivity index (χ4n) is 2.01. The third-order valence-corrected chi connectivity index (χ3v) is 3.27. The van der Waals surface area contributed by atoms with E-state index in [4.69, 9.17) is 0 Å². The summed E-state index contributed by atoms with van der Waals surface area (Å²) in [5, 5.41) is 5.71. The lowest BCUT2D eigenvalue weighted by molar-refractivity contribution is -0.120. The number of benzene rings is 1. The number of nitrogens with one attached hydrogen (secondary N) is 2. The zero-order valence-corrected chi connectivity index (χ0v) is 9.92. The van der Waals surface area contributed by atoms with E-state index in [1.807, 2.05) is 12.1 Å². The molecule has 1 aliphatic rings. The van der Waals surface area contributed by atoms with Crippen LogP contribution in [0.3, 0.4) is 0 Å². The van der Waals surface area contributed by atoms with Gasteiger partial charge in [0, 0.05) is 12.0 Å². The molecule has 1 amide bonds. The van der Waals surface area contributed by atoms with Gasteiger partial charge in [-0.05, 0) is 37.6 Å². The molecule has 1 aromatic rings. The molecule has 0 heterocycles. The van der Waals surface area contributed by atoms with Crippen LogP contribution in [0.15, 0.2) is 24.3 Å². The van der Waals surface area contributed by atoms with E-state index in [0.29, 0.717) is 13.1 Å². The van der Waals surface area contributed by atoms with Crippen LogP contribution in [0.4, 0.5) is 4.39 Å². The number of halogens is 1. The molecule has 1 aromatic carbocycles. The van der Waals surface area contributed by atoms with Crippen molar-refractivity contribution in [1.82, 2.24) is 10.6 Å². The fourth-order valence-corrected chi connectivity index (χ4v) is 2.01. The molecule has 4 heteroatoms. The van der Waals surface area contributed by atoms with Gasteiger partial charge in [-0.25, -0.2) is 4.39 Å². The predicted molar refractivity (Wildman–Crippen MR) is 64.2 cm³/mol. The van der Waals surface area contributed by atoms with Crippen LogP contribution in [0.2, 0.25) is 0 Å². The van der Waals surface area contributed by atoms with Crippen LogP contribution in [-0.2, 0) is 10.2 Å². The highest BCUT2D eigenvalue weighted by atomic mass is 19.1. The molecule has 1 saturated carbocycles. The van der Waals surface area contributed by atoms with E-state index in [9.17, 15) is 9.18 Å². The van der Waals surface area contributed by atoms with Crippen molar-refractivity contribution >= 4 is 5.91 Å². The van der Waals surface area contributed by atoms with Crippen molar-refractivity contribution in [3.05, 3.63) is 35.6 Å². The van der Waals surface area contributed by atoms with Gasteiger partial charge in [0.2, 0.25) is 5.91 Å². The van der Waals surface area contributed by atoms with Crippen molar-refractivity contribution in [2.45, 2.75) is 18.3 Å². The summed E-state index contributed by atoms with van der Waals surface area (Å²) >= 11 is 0. The van der Waals surface area contributed by atoms with E-state index < -0.39 is 0 Å². The maximum Gasteiger partial charge on any atom is 0.233 e. The molecular formula is C13H17FN2O. The summed E-state index contributed by atoms with van der Waals surface area (Å²) in [6.07, 6.45) is 2.11. The Morgan fingerprint density at radius 3 is 2.53 bits per heavy atom. The van der Waals surface area contributed by atoms with Gasteiger partial charge in [-0.3, -0.25) is 4.79 Å². The van der Waals surface area contributed by atoms with Gasteiger partial charge in [-0.2, -0.15) is 0 Å². The highest BCUT2D eigenvalue weighted by Crippen LogP contribution is 2.47. The zero-order chi connectivity index (χ0) is 12.3. The lowest BCUT2D eigenvalue weighted by Crippen LogP contribution is -2.37. The van der Waals surface area contributed by atoms with E-state index in [0.717, 1.165) is 18.4 Å². The summed E-state index contributed by atoms with van der Waals surface area (Å²) in [6, 6.07) is 6.58. The standard InChI is InChI=1S/C13H17FN2O/c1-15-8-12(17)16-9-13(6-7-13)10-2-4-11(14)5-3-10/h2-5,15H,6-9H2,1H3,(H,16,17). The van der Waals surface area contributed by atoms with E-state index in [1.165, 1.54) is 12.1 Å². The van der Waals surface area contributed by atoms with Crippen LogP contribution in [0, 0.1) is 5.82 Å². The summed E-state index contributed by atoms with van der Waals surface area (Å²) in [7, 11) is 1.74. The lowest BCUT2D eigenvalue weighted by atomic mass is 9.96. The SMILES string of the molecule is CNCC(=O)NCC1(c2ccc(F)cc2)CC1. The van der Waals surface area contributed by atoms with Gasteiger partial charge in [0.25, 0.3) is 0 Å². The molecule has 0 saturated heterocycles. The first-order valence-electron chi connectivity index (χ1n) is 5.84. The minimum atomic E-state index is -0.219. The summed E-state index contributed by atoms with van der Waals surface area (Å²) in [4.78, 5) is 11.4. The molecule has 0 bridgehead atoms. The molecule has 0 spiro atoms. The number of carbonyl (C=O) groups is 1. The third kappa shape index (κ3) is 2.82. The molecule has 2 N–H and O–H groups in total. The van der Waals surface area contributed by atoms with Crippen LogP contribution in [-0.4, -0.2) is 26.0 Å². The Bertz CT molecular complexity index is 398. The Morgan fingerprint density at radius 1 is 1.35 bits per heavy atom. The first kappa shape index (κ1) is 12.0. The summed E-state index contributed by atoms with van der Waals surface area (Å²) in [5.74, 6) is -0.218. The number of amides is 1. The minimum Gasteiger partial charge on any atom is -0.354 e. The number of carbonyl (C=O) groups excluding carboxylic acids is 1. The van der Waals surface area contributed by atoms with Crippen LogP contribution >= 0.6 is 0 Å². The summed E-state index contributed by atoms with van der Waals surface area (Å²) < 4.78 is 12.8. The van der Waals surface area contributed by atoms with Crippen molar-refractivity contribution in [3.8, 4) is 0 Å². The Kier molecular flexibility index (Phi) is 3.43. The van der Waals surface area contributed by atoms with E-state index in [2.05, 4.69) is 10.6 Å². The molecule has 3 nitrogen and oxygen atoms in total. The Morgan fingerprint density at radius 2 is 2.00 bits per heavy atom. The number of rotatable bonds is 5. The summed E-state index contributed by atoms with van der Waals surface area (Å²) in [6.45, 7) is 0.971. The normalized spacial score (nSPS) is 16.6. The average Bonchev–Trinajstić information content (AvgIpc) is 3.09. The smallest absolute Gasteiger partial charge is 0.233 e. The Hall–Kier alpha value is -1.42. The van der Waals surface area contributed by atoms with Crippen molar-refractivity contribution in [2.75, 3.05) is 20.1 Å². The molecule has 1 aliphatic carbocycles. The van der Waals surface area contributed by atoms with Crippen molar-refractivity contribution in [2.24, 2.45) is 0 Å². The van der Waals surface area contributed by atoms with Gasteiger partial charge < -0.3 is 10.6 Å². The minimum absolute atomic E-state index is 0.000821.